The molecule has 0 saturated heterocycles. The predicted octanol–water partition coefficient (Wildman–Crippen LogP) is 1.22. The van der Waals surface area contributed by atoms with Crippen LogP contribution in [0.2, 0.25) is 0 Å². The molecule has 0 bridgehead atoms. The van der Waals surface area contributed by atoms with Gasteiger partial charge in [0.05, 0.1) is 24.5 Å². The van der Waals surface area contributed by atoms with Crippen molar-refractivity contribution in [1.29, 1.82) is 0 Å². The number of halogens is 1. The van der Waals surface area contributed by atoms with Crippen molar-refractivity contribution < 1.29 is 19.4 Å². The van der Waals surface area contributed by atoms with E-state index in [9.17, 15) is 14.3 Å². The number of carbonyl (C=O) groups is 1. The summed E-state index contributed by atoms with van der Waals surface area (Å²) in [5.41, 5.74) is 0.367. The fourth-order valence-corrected chi connectivity index (χ4v) is 1.78. The highest BCUT2D eigenvalue weighted by Crippen LogP contribution is 2.18. The van der Waals surface area contributed by atoms with Crippen LogP contribution in [0.1, 0.15) is 23.8 Å². The van der Waals surface area contributed by atoms with Crippen molar-refractivity contribution in [3.05, 3.63) is 42.0 Å². The number of carbonyl (C=O) groups excluding carboxylic acids is 1. The van der Waals surface area contributed by atoms with Crippen LogP contribution in [-0.2, 0) is 0 Å². The van der Waals surface area contributed by atoms with Gasteiger partial charge in [0.25, 0.3) is 5.91 Å². The summed E-state index contributed by atoms with van der Waals surface area (Å²) >= 11 is 0. The third-order valence-electron chi connectivity index (χ3n) is 3.05. The molecule has 2 aromatic rings. The summed E-state index contributed by atoms with van der Waals surface area (Å²) in [6.07, 6.45) is 1.82. The van der Waals surface area contributed by atoms with Crippen LogP contribution in [0.15, 0.2) is 30.5 Å². The third-order valence-corrected chi connectivity index (χ3v) is 3.05. The number of amides is 1. The summed E-state index contributed by atoms with van der Waals surface area (Å²) in [6, 6.07) is 5.07. The fraction of sp³-hybridized carbons (Fsp3) is 0.286. The molecule has 112 valence electrons. The van der Waals surface area contributed by atoms with E-state index in [1.54, 1.807) is 0 Å². The van der Waals surface area contributed by atoms with Crippen LogP contribution < -0.4 is 5.32 Å². The smallest absolute Gasteiger partial charge is 0.275 e. The molecule has 0 radical (unpaired) electrons. The zero-order valence-corrected chi connectivity index (χ0v) is 11.5. The van der Waals surface area contributed by atoms with Crippen LogP contribution in [0.25, 0.3) is 5.69 Å². The van der Waals surface area contributed by atoms with Gasteiger partial charge < -0.3 is 15.5 Å². The van der Waals surface area contributed by atoms with Gasteiger partial charge in [-0.1, -0.05) is 6.92 Å². The largest absolute Gasteiger partial charge is 0.504 e. The average Bonchev–Trinajstić information content (AvgIpc) is 2.87. The van der Waals surface area contributed by atoms with E-state index in [0.29, 0.717) is 12.1 Å². The Labute approximate surface area is 120 Å². The Hall–Kier alpha value is -2.41. The van der Waals surface area contributed by atoms with Crippen molar-refractivity contribution in [2.75, 3.05) is 6.61 Å². The third kappa shape index (κ3) is 3.38. The molecule has 1 aromatic carbocycles. The summed E-state index contributed by atoms with van der Waals surface area (Å²) in [6.45, 7) is 1.62. The Bertz CT molecular complexity index is 621. The minimum atomic E-state index is -0.575. The average molecular weight is 293 g/mol. The number of hydrogen-bond acceptors (Lipinski definition) is 4. The zero-order chi connectivity index (χ0) is 15.4. The van der Waals surface area contributed by atoms with E-state index in [1.807, 2.05) is 6.92 Å². The second kappa shape index (κ2) is 6.36. The molecule has 0 aliphatic rings. The molecule has 0 aliphatic heterocycles. The van der Waals surface area contributed by atoms with Crippen LogP contribution in [0, 0.1) is 5.82 Å². The lowest BCUT2D eigenvalue weighted by Gasteiger charge is -2.12. The number of hydrogen-bond donors (Lipinski definition) is 3. The van der Waals surface area contributed by atoms with Crippen molar-refractivity contribution in [3.63, 3.8) is 0 Å². The maximum Gasteiger partial charge on any atom is 0.275 e. The molecule has 0 spiro atoms. The molecule has 0 saturated carbocycles. The molecule has 1 aromatic heterocycles. The lowest BCUT2D eigenvalue weighted by molar-refractivity contribution is 0.0907. The molecule has 7 heteroatoms. The molecule has 1 amide bonds. The number of aromatic hydroxyl groups is 1. The number of nitrogens with one attached hydrogen (secondary N) is 1. The van der Waals surface area contributed by atoms with Gasteiger partial charge in [-0.25, -0.2) is 9.07 Å². The Balaban J connectivity index is 2.22. The van der Waals surface area contributed by atoms with Gasteiger partial charge in [-0.2, -0.15) is 5.10 Å². The standard InChI is InChI=1S/C14H16FN3O3/c1-2-10(8-19)16-14(21)13-12(20)7-18(17-13)11-5-3-9(15)4-6-11/h3-7,10,19-20H,2,8H2,1H3,(H,16,21). The minimum Gasteiger partial charge on any atom is -0.504 e. The maximum atomic E-state index is 12.9. The van der Waals surface area contributed by atoms with Gasteiger partial charge in [-0.05, 0) is 30.7 Å². The van der Waals surface area contributed by atoms with E-state index >= 15 is 0 Å². The van der Waals surface area contributed by atoms with Gasteiger partial charge in [0.1, 0.15) is 5.82 Å². The second-order valence-electron chi connectivity index (χ2n) is 4.55. The first kappa shape index (κ1) is 15.0. The highest BCUT2D eigenvalue weighted by molar-refractivity contribution is 5.95. The van der Waals surface area contributed by atoms with Gasteiger partial charge in [-0.15, -0.1) is 0 Å². The Kier molecular flexibility index (Phi) is 4.54. The summed E-state index contributed by atoms with van der Waals surface area (Å²) in [4.78, 5) is 12.0. The van der Waals surface area contributed by atoms with E-state index in [-0.39, 0.29) is 23.9 Å². The van der Waals surface area contributed by atoms with Crippen LogP contribution in [0.5, 0.6) is 5.75 Å². The van der Waals surface area contributed by atoms with Crippen LogP contribution in [0.3, 0.4) is 0 Å². The molecule has 1 atom stereocenters. The molecule has 3 N–H and O–H groups in total. The van der Waals surface area contributed by atoms with Gasteiger partial charge in [0.2, 0.25) is 0 Å². The lowest BCUT2D eigenvalue weighted by atomic mass is 10.2. The number of aliphatic hydroxyl groups excluding tert-OH is 1. The quantitative estimate of drug-likeness (QED) is 0.773. The second-order valence-corrected chi connectivity index (χ2v) is 4.55. The number of aromatic nitrogens is 2. The summed E-state index contributed by atoms with van der Waals surface area (Å²) in [5.74, 6) is -1.25. The first-order valence-corrected chi connectivity index (χ1v) is 6.51. The molecule has 0 aliphatic carbocycles. The van der Waals surface area contributed by atoms with E-state index < -0.39 is 11.9 Å². The van der Waals surface area contributed by atoms with Crippen molar-refractivity contribution in [2.24, 2.45) is 0 Å². The van der Waals surface area contributed by atoms with Crippen molar-refractivity contribution >= 4 is 5.91 Å². The Morgan fingerprint density at radius 2 is 2.10 bits per heavy atom. The first-order chi connectivity index (χ1) is 10.0. The summed E-state index contributed by atoms with van der Waals surface area (Å²) in [5, 5.41) is 25.4. The monoisotopic (exact) mass is 293 g/mol. The van der Waals surface area contributed by atoms with Crippen molar-refractivity contribution in [1.82, 2.24) is 15.1 Å². The molecular weight excluding hydrogens is 277 g/mol. The van der Waals surface area contributed by atoms with Crippen LogP contribution in [-0.4, -0.2) is 38.5 Å². The number of benzene rings is 1. The number of nitrogens with zero attached hydrogens (tertiary/aromatic N) is 2. The molecule has 2 rings (SSSR count). The van der Waals surface area contributed by atoms with Crippen LogP contribution in [0.4, 0.5) is 4.39 Å². The molecule has 1 heterocycles. The molecule has 0 fully saturated rings. The van der Waals surface area contributed by atoms with E-state index in [0.717, 1.165) is 0 Å². The van der Waals surface area contributed by atoms with E-state index in [1.165, 1.54) is 35.1 Å². The summed E-state index contributed by atoms with van der Waals surface area (Å²) in [7, 11) is 0. The number of aliphatic hydroxyl groups is 1. The first-order valence-electron chi connectivity index (χ1n) is 6.51. The minimum absolute atomic E-state index is 0.147. The highest BCUT2D eigenvalue weighted by Gasteiger charge is 2.19. The predicted molar refractivity (Wildman–Crippen MR) is 73.8 cm³/mol. The van der Waals surface area contributed by atoms with Gasteiger partial charge >= 0.3 is 0 Å². The SMILES string of the molecule is CCC(CO)NC(=O)c1nn(-c2ccc(F)cc2)cc1O. The van der Waals surface area contributed by atoms with Crippen molar-refractivity contribution in [3.8, 4) is 11.4 Å². The normalized spacial score (nSPS) is 12.1. The van der Waals surface area contributed by atoms with Crippen LogP contribution >= 0.6 is 0 Å². The van der Waals surface area contributed by atoms with Gasteiger partial charge in [-0.3, -0.25) is 4.79 Å². The fourth-order valence-electron chi connectivity index (χ4n) is 1.78. The maximum absolute atomic E-state index is 12.9. The molecule has 21 heavy (non-hydrogen) atoms. The molecule has 6 nitrogen and oxygen atoms in total. The topological polar surface area (TPSA) is 87.4 Å². The van der Waals surface area contributed by atoms with E-state index in [2.05, 4.69) is 10.4 Å². The van der Waals surface area contributed by atoms with Crippen molar-refractivity contribution in [2.45, 2.75) is 19.4 Å². The van der Waals surface area contributed by atoms with Gasteiger partial charge in [0, 0.05) is 0 Å². The summed E-state index contributed by atoms with van der Waals surface area (Å²) < 4.78 is 14.2. The Morgan fingerprint density at radius 1 is 1.43 bits per heavy atom. The molecular formula is C14H16FN3O3. The Morgan fingerprint density at radius 3 is 2.67 bits per heavy atom. The zero-order valence-electron chi connectivity index (χ0n) is 11.5. The number of rotatable bonds is 5. The van der Waals surface area contributed by atoms with Gasteiger partial charge in [0.15, 0.2) is 11.4 Å². The lowest BCUT2D eigenvalue weighted by Crippen LogP contribution is -2.37. The van der Waals surface area contributed by atoms with E-state index in [4.69, 9.17) is 5.11 Å². The highest BCUT2D eigenvalue weighted by atomic mass is 19.1. The molecule has 1 unspecified atom stereocenters.